The van der Waals surface area contributed by atoms with Gasteiger partial charge in [-0.1, -0.05) is 48.0 Å². The highest BCUT2D eigenvalue weighted by molar-refractivity contribution is 6.31. The fraction of sp³-hybridized carbons (Fsp3) is 0.179. The number of rotatable bonds is 2. The molecule has 0 unspecified atom stereocenters. The van der Waals surface area contributed by atoms with E-state index in [0.717, 1.165) is 5.56 Å². The molecule has 0 saturated carbocycles. The number of fused-ring (bicyclic) bond motifs is 3. The molecule has 1 aromatic heterocycles. The number of nitrogens with zero attached hydrogens (tertiary/aromatic N) is 2. The number of para-hydroxylation sites is 1. The van der Waals surface area contributed by atoms with Gasteiger partial charge in [-0.3, -0.25) is 19.5 Å². The van der Waals surface area contributed by atoms with Crippen LogP contribution in [0.3, 0.4) is 0 Å². The molecule has 37 heavy (non-hydrogen) atoms. The third-order valence-electron chi connectivity index (χ3n) is 7.12. The Bertz CT molecular complexity index is 1590. The number of benzene rings is 3. The third-order valence-corrected chi connectivity index (χ3v) is 7.36. The maximum Gasteiger partial charge on any atom is 0.412 e. The summed E-state index contributed by atoms with van der Waals surface area (Å²) in [7, 11) is 0. The number of nitrogens with one attached hydrogen (secondary N) is 1. The molecule has 6 rings (SSSR count). The summed E-state index contributed by atoms with van der Waals surface area (Å²) in [4.78, 5) is 40.9. The maximum absolute atomic E-state index is 14.4. The lowest BCUT2D eigenvalue weighted by atomic mass is 9.82. The molecular formula is C28H21ClFN3O4. The summed E-state index contributed by atoms with van der Waals surface area (Å²) in [5, 5.41) is 3.66. The van der Waals surface area contributed by atoms with Gasteiger partial charge in [0.15, 0.2) is 0 Å². The molecule has 4 aromatic rings. The zero-order valence-electron chi connectivity index (χ0n) is 19.5. The molecule has 0 radical (unpaired) electrons. The van der Waals surface area contributed by atoms with Gasteiger partial charge >= 0.3 is 6.09 Å². The number of carbonyl (C=O) groups is 3. The minimum atomic E-state index is -0.808. The SMILES string of the molecule is O=C1Nc2ccccc2C2(CCN(C(=O)c3cn(C(=O)c4ccccc4F)c4cc(Cl)ccc34)CC2)O1. The molecule has 0 atom stereocenters. The first-order chi connectivity index (χ1) is 17.9. The Kier molecular flexibility index (Phi) is 5.49. The molecule has 2 aliphatic heterocycles. The standard InChI is InChI=1S/C28H21ClFN3O4/c29-17-9-10-18-20(16-33(24(18)15-17)26(35)19-5-1-3-7-22(19)30)25(34)32-13-11-28(12-14-32)21-6-2-4-8-23(21)31-27(36)37-28/h1-10,15-16H,11-14H2,(H,31,36). The summed E-state index contributed by atoms with van der Waals surface area (Å²) >= 11 is 6.21. The molecule has 7 nitrogen and oxygen atoms in total. The number of hydrogen-bond acceptors (Lipinski definition) is 4. The van der Waals surface area contributed by atoms with Crippen LogP contribution in [-0.4, -0.2) is 40.5 Å². The van der Waals surface area contributed by atoms with E-state index in [0.29, 0.717) is 53.1 Å². The summed E-state index contributed by atoms with van der Waals surface area (Å²) in [6, 6.07) is 18.1. The van der Waals surface area contributed by atoms with Gasteiger partial charge in [-0.15, -0.1) is 0 Å². The first-order valence-electron chi connectivity index (χ1n) is 11.8. The van der Waals surface area contributed by atoms with Crippen LogP contribution >= 0.6 is 11.6 Å². The van der Waals surface area contributed by atoms with Gasteiger partial charge in [-0.2, -0.15) is 0 Å². The molecule has 1 spiro atoms. The number of amides is 2. The molecule has 1 fully saturated rings. The highest BCUT2D eigenvalue weighted by atomic mass is 35.5. The summed E-state index contributed by atoms with van der Waals surface area (Å²) < 4.78 is 21.4. The number of ether oxygens (including phenoxy) is 1. The van der Waals surface area contributed by atoms with E-state index < -0.39 is 23.4 Å². The molecule has 3 heterocycles. The Balaban J connectivity index is 1.33. The molecule has 186 valence electrons. The second-order valence-corrected chi connectivity index (χ2v) is 9.64. The first kappa shape index (κ1) is 23.2. The molecule has 2 amide bonds. The molecule has 1 saturated heterocycles. The van der Waals surface area contributed by atoms with Gasteiger partial charge in [0.2, 0.25) is 0 Å². The largest absolute Gasteiger partial charge is 0.438 e. The quantitative estimate of drug-likeness (QED) is 0.363. The minimum Gasteiger partial charge on any atom is -0.438 e. The Morgan fingerprint density at radius 2 is 1.68 bits per heavy atom. The van der Waals surface area contributed by atoms with Crippen molar-refractivity contribution >= 4 is 46.1 Å². The van der Waals surface area contributed by atoms with E-state index in [1.165, 1.54) is 29.0 Å². The van der Waals surface area contributed by atoms with Crippen molar-refractivity contribution in [2.24, 2.45) is 0 Å². The number of halogens is 2. The average molecular weight is 518 g/mol. The number of carbonyl (C=O) groups excluding carboxylic acids is 3. The molecule has 0 bridgehead atoms. The Hall–Kier alpha value is -4.17. The van der Waals surface area contributed by atoms with Gasteiger partial charge < -0.3 is 9.64 Å². The van der Waals surface area contributed by atoms with Gasteiger partial charge in [0.1, 0.15) is 11.4 Å². The van der Waals surface area contributed by atoms with Gasteiger partial charge in [0.05, 0.1) is 22.3 Å². The van der Waals surface area contributed by atoms with Crippen LogP contribution in [0.1, 0.15) is 39.1 Å². The smallest absolute Gasteiger partial charge is 0.412 e. The third kappa shape index (κ3) is 3.84. The van der Waals surface area contributed by atoms with E-state index in [1.807, 2.05) is 24.3 Å². The highest BCUT2D eigenvalue weighted by Gasteiger charge is 2.45. The number of piperidine rings is 1. The van der Waals surface area contributed by atoms with Crippen molar-refractivity contribution in [1.29, 1.82) is 0 Å². The monoisotopic (exact) mass is 517 g/mol. The fourth-order valence-electron chi connectivity index (χ4n) is 5.27. The van der Waals surface area contributed by atoms with Crippen LogP contribution in [0, 0.1) is 5.82 Å². The molecule has 0 aliphatic carbocycles. The maximum atomic E-state index is 14.4. The van der Waals surface area contributed by atoms with E-state index in [9.17, 15) is 18.8 Å². The molecule has 3 aromatic carbocycles. The normalized spacial score (nSPS) is 16.3. The van der Waals surface area contributed by atoms with Crippen LogP contribution in [0.15, 0.2) is 72.9 Å². The van der Waals surface area contributed by atoms with Crippen molar-refractivity contribution in [2.45, 2.75) is 18.4 Å². The molecular weight excluding hydrogens is 497 g/mol. The predicted molar refractivity (Wildman–Crippen MR) is 136 cm³/mol. The van der Waals surface area contributed by atoms with Crippen molar-refractivity contribution < 1.29 is 23.5 Å². The van der Waals surface area contributed by atoms with Crippen molar-refractivity contribution in [3.05, 3.63) is 100 Å². The highest BCUT2D eigenvalue weighted by Crippen LogP contribution is 2.43. The average Bonchev–Trinajstić information content (AvgIpc) is 3.27. The fourth-order valence-corrected chi connectivity index (χ4v) is 5.44. The predicted octanol–water partition coefficient (Wildman–Crippen LogP) is 5.82. The molecule has 9 heteroatoms. The van der Waals surface area contributed by atoms with E-state index in [2.05, 4.69) is 5.32 Å². The summed E-state index contributed by atoms with van der Waals surface area (Å²) in [6.45, 7) is 0.698. The number of hydrogen-bond donors (Lipinski definition) is 1. The van der Waals surface area contributed by atoms with Crippen LogP contribution in [0.2, 0.25) is 5.02 Å². The van der Waals surface area contributed by atoms with Crippen molar-refractivity contribution in [3.63, 3.8) is 0 Å². The Morgan fingerprint density at radius 1 is 0.946 bits per heavy atom. The van der Waals surface area contributed by atoms with E-state index in [-0.39, 0.29) is 11.5 Å². The first-order valence-corrected chi connectivity index (χ1v) is 12.2. The lowest BCUT2D eigenvalue weighted by molar-refractivity contribution is -0.0331. The van der Waals surface area contributed by atoms with Crippen LogP contribution in [0.4, 0.5) is 14.9 Å². The van der Waals surface area contributed by atoms with Gasteiger partial charge in [0.25, 0.3) is 11.8 Å². The van der Waals surface area contributed by atoms with Crippen molar-refractivity contribution in [2.75, 3.05) is 18.4 Å². The molecule has 1 N–H and O–H groups in total. The summed E-state index contributed by atoms with van der Waals surface area (Å²) in [6.07, 6.45) is 1.80. The summed E-state index contributed by atoms with van der Waals surface area (Å²) in [5.41, 5.74) is 1.42. The van der Waals surface area contributed by atoms with Crippen LogP contribution in [-0.2, 0) is 10.3 Å². The van der Waals surface area contributed by atoms with Crippen LogP contribution in [0.5, 0.6) is 0 Å². The lowest BCUT2D eigenvalue weighted by Gasteiger charge is -2.44. The zero-order chi connectivity index (χ0) is 25.7. The van der Waals surface area contributed by atoms with Crippen molar-refractivity contribution in [1.82, 2.24) is 9.47 Å². The van der Waals surface area contributed by atoms with Crippen molar-refractivity contribution in [3.8, 4) is 0 Å². The minimum absolute atomic E-state index is 0.107. The van der Waals surface area contributed by atoms with Crippen LogP contribution < -0.4 is 5.32 Å². The second kappa shape index (κ2) is 8.74. The van der Waals surface area contributed by atoms with Gasteiger partial charge in [-0.05, 0) is 30.3 Å². The van der Waals surface area contributed by atoms with Gasteiger partial charge in [0, 0.05) is 48.1 Å². The molecule has 2 aliphatic rings. The number of aromatic nitrogens is 1. The number of likely N-dealkylation sites (tertiary alicyclic amines) is 1. The van der Waals surface area contributed by atoms with E-state index >= 15 is 0 Å². The Labute approximate surface area is 216 Å². The topological polar surface area (TPSA) is 80.6 Å². The summed E-state index contributed by atoms with van der Waals surface area (Å²) in [5.74, 6) is -1.52. The zero-order valence-corrected chi connectivity index (χ0v) is 20.3. The van der Waals surface area contributed by atoms with E-state index in [1.54, 1.807) is 29.2 Å². The second-order valence-electron chi connectivity index (χ2n) is 9.21. The van der Waals surface area contributed by atoms with E-state index in [4.69, 9.17) is 16.3 Å². The lowest BCUT2D eigenvalue weighted by Crippen LogP contribution is -2.49. The number of anilines is 1. The van der Waals surface area contributed by atoms with Crippen LogP contribution in [0.25, 0.3) is 10.9 Å². The van der Waals surface area contributed by atoms with Gasteiger partial charge in [-0.25, -0.2) is 9.18 Å². The Morgan fingerprint density at radius 3 is 2.46 bits per heavy atom.